The molecule has 3 heterocycles. The molecule has 0 radical (unpaired) electrons. The molecule has 2 fully saturated rings. The Bertz CT molecular complexity index is 1100. The Morgan fingerprint density at radius 1 is 1.19 bits per heavy atom. The highest BCUT2D eigenvalue weighted by Gasteiger charge is 2.64. The number of amides is 2. The zero-order valence-corrected chi connectivity index (χ0v) is 16.8. The van der Waals surface area contributed by atoms with Gasteiger partial charge in [0, 0.05) is 24.4 Å². The third-order valence-electron chi connectivity index (χ3n) is 6.01. The minimum Gasteiger partial charge on any atom is -0.463 e. The second-order valence-electron chi connectivity index (χ2n) is 7.81. The largest absolute Gasteiger partial charge is 0.463 e. The van der Waals surface area contributed by atoms with E-state index in [0.29, 0.717) is 16.8 Å². The van der Waals surface area contributed by atoms with Crippen LogP contribution in [0.5, 0.6) is 0 Å². The van der Waals surface area contributed by atoms with Crippen molar-refractivity contribution in [3.8, 4) is 0 Å². The van der Waals surface area contributed by atoms with Gasteiger partial charge in [-0.25, -0.2) is 9.59 Å². The van der Waals surface area contributed by atoms with Crippen molar-refractivity contribution in [3.05, 3.63) is 53.5 Å². The summed E-state index contributed by atoms with van der Waals surface area (Å²) in [7, 11) is 1.22. The zero-order valence-electron chi connectivity index (χ0n) is 16.8. The molecule has 0 N–H and O–H groups in total. The molecule has 3 aliphatic rings. The van der Waals surface area contributed by atoms with Gasteiger partial charge in [-0.15, -0.1) is 0 Å². The molecule has 1 aromatic carbocycles. The van der Waals surface area contributed by atoms with Crippen LogP contribution in [0, 0.1) is 0 Å². The number of nitrogens with zero attached hydrogens (tertiary/aromatic N) is 2. The highest BCUT2D eigenvalue weighted by Crippen LogP contribution is 2.49. The van der Waals surface area contributed by atoms with Crippen LogP contribution in [0.4, 0.5) is 5.69 Å². The molecule has 1 aromatic heterocycles. The fraction of sp³-hybridized carbons (Fsp3) is 0.364. The van der Waals surface area contributed by atoms with E-state index >= 15 is 0 Å². The fourth-order valence-corrected chi connectivity index (χ4v) is 4.49. The number of methoxy groups -OCH3 is 1. The molecule has 2 aliphatic heterocycles. The second-order valence-corrected chi connectivity index (χ2v) is 7.81. The van der Waals surface area contributed by atoms with E-state index in [1.54, 1.807) is 24.3 Å². The third kappa shape index (κ3) is 2.76. The van der Waals surface area contributed by atoms with Crippen LogP contribution in [-0.4, -0.2) is 47.5 Å². The molecular formula is C22H20N2O7. The van der Waals surface area contributed by atoms with Crippen LogP contribution in [0.15, 0.2) is 41.0 Å². The van der Waals surface area contributed by atoms with Gasteiger partial charge in [0.2, 0.25) is 17.3 Å². The highest BCUT2D eigenvalue weighted by molar-refractivity contribution is 6.15. The number of para-hydroxylation sites is 1. The van der Waals surface area contributed by atoms with Crippen molar-refractivity contribution in [2.24, 2.45) is 0 Å². The Labute approximate surface area is 177 Å². The Morgan fingerprint density at radius 3 is 2.71 bits per heavy atom. The van der Waals surface area contributed by atoms with Crippen LogP contribution in [0.25, 0.3) is 0 Å². The lowest BCUT2D eigenvalue weighted by Gasteiger charge is -2.48. The van der Waals surface area contributed by atoms with Gasteiger partial charge in [-0.3, -0.25) is 14.5 Å². The molecule has 1 aliphatic carbocycles. The number of hydrogen-bond acceptors (Lipinski definition) is 7. The van der Waals surface area contributed by atoms with Gasteiger partial charge in [0.05, 0.1) is 24.6 Å². The molecule has 160 valence electrons. The lowest BCUT2D eigenvalue weighted by Crippen LogP contribution is -2.69. The van der Waals surface area contributed by atoms with Gasteiger partial charge in [-0.2, -0.15) is 0 Å². The van der Waals surface area contributed by atoms with E-state index in [2.05, 4.69) is 4.74 Å². The summed E-state index contributed by atoms with van der Waals surface area (Å²) in [5, 5.41) is 0. The average molecular weight is 424 g/mol. The molecule has 0 spiro atoms. The summed E-state index contributed by atoms with van der Waals surface area (Å²) in [5.74, 6) is -1.96. The summed E-state index contributed by atoms with van der Waals surface area (Å²) in [4.78, 5) is 54.6. The number of rotatable bonds is 5. The predicted molar refractivity (Wildman–Crippen MR) is 105 cm³/mol. The van der Waals surface area contributed by atoms with Gasteiger partial charge in [0.25, 0.3) is 5.91 Å². The Morgan fingerprint density at radius 2 is 1.97 bits per heavy atom. The molecule has 2 aromatic rings. The first kappa shape index (κ1) is 19.3. The van der Waals surface area contributed by atoms with Gasteiger partial charge in [0.15, 0.2) is 0 Å². The lowest BCUT2D eigenvalue weighted by molar-refractivity contribution is -0.159. The van der Waals surface area contributed by atoms with E-state index in [0.717, 1.165) is 12.8 Å². The summed E-state index contributed by atoms with van der Waals surface area (Å²) in [5.41, 5.74) is -0.370. The summed E-state index contributed by atoms with van der Waals surface area (Å²) >= 11 is 0. The van der Waals surface area contributed by atoms with Crippen molar-refractivity contribution in [2.45, 2.75) is 44.0 Å². The van der Waals surface area contributed by atoms with Crippen LogP contribution in [-0.2, 0) is 25.7 Å². The number of benzene rings is 1. The van der Waals surface area contributed by atoms with E-state index in [9.17, 15) is 19.2 Å². The maximum absolute atomic E-state index is 13.5. The fourth-order valence-electron chi connectivity index (χ4n) is 4.49. The topological polar surface area (TPSA) is 106 Å². The molecule has 1 saturated carbocycles. The second kappa shape index (κ2) is 6.97. The number of hydrogen-bond donors (Lipinski definition) is 0. The Hall–Kier alpha value is -3.62. The summed E-state index contributed by atoms with van der Waals surface area (Å²) in [6, 6.07) is 8.20. The van der Waals surface area contributed by atoms with Crippen LogP contribution in [0.1, 0.15) is 52.2 Å². The van der Waals surface area contributed by atoms with E-state index in [1.165, 1.54) is 29.2 Å². The lowest BCUT2D eigenvalue weighted by atomic mass is 9.96. The van der Waals surface area contributed by atoms with Crippen LogP contribution >= 0.6 is 0 Å². The van der Waals surface area contributed by atoms with Crippen molar-refractivity contribution < 1.29 is 33.1 Å². The van der Waals surface area contributed by atoms with Gasteiger partial charge in [0.1, 0.15) is 6.61 Å². The van der Waals surface area contributed by atoms with Crippen LogP contribution < -0.4 is 4.90 Å². The first-order valence-electron chi connectivity index (χ1n) is 10.1. The molecule has 1 saturated heterocycles. The minimum atomic E-state index is -1.53. The van der Waals surface area contributed by atoms with E-state index < -0.39 is 17.6 Å². The monoisotopic (exact) mass is 424 g/mol. The maximum atomic E-state index is 13.5. The number of anilines is 1. The number of carbonyl (C=O) groups excluding carboxylic acids is 4. The van der Waals surface area contributed by atoms with Gasteiger partial charge >= 0.3 is 11.9 Å². The van der Waals surface area contributed by atoms with Gasteiger partial charge in [-0.05, 0) is 31.0 Å². The zero-order chi connectivity index (χ0) is 21.8. The van der Waals surface area contributed by atoms with E-state index in [1.807, 2.05) is 0 Å². The Kier molecular flexibility index (Phi) is 4.35. The van der Waals surface area contributed by atoms with E-state index in [-0.39, 0.29) is 43.1 Å². The quantitative estimate of drug-likeness (QED) is 0.678. The number of esters is 2. The number of furan rings is 1. The van der Waals surface area contributed by atoms with Crippen molar-refractivity contribution in [1.29, 1.82) is 0 Å². The SMILES string of the molecule is COC(=O)c1occc1COC(=O)C12CCC(=O)N1c1ccccc1C(=O)N2C1CC1. The van der Waals surface area contributed by atoms with Gasteiger partial charge < -0.3 is 18.8 Å². The standard InChI is InChI=1S/C22H20N2O7/c1-29-20(27)18-13(9-11-30-18)12-31-21(28)22-10-8-17(25)24(22)16-5-3-2-4-15(16)19(26)23(22)14-6-7-14/h2-5,9,11,14H,6-8,10,12H2,1H3. The van der Waals surface area contributed by atoms with Crippen LogP contribution in [0.2, 0.25) is 0 Å². The molecule has 0 bridgehead atoms. The highest BCUT2D eigenvalue weighted by atomic mass is 16.5. The molecule has 9 nitrogen and oxygen atoms in total. The van der Waals surface area contributed by atoms with Gasteiger partial charge in [-0.1, -0.05) is 12.1 Å². The molecular weight excluding hydrogens is 404 g/mol. The van der Waals surface area contributed by atoms with E-state index in [4.69, 9.17) is 9.15 Å². The normalized spacial score (nSPS) is 22.2. The first-order valence-corrected chi connectivity index (χ1v) is 10.1. The number of fused-ring (bicyclic) bond motifs is 3. The summed E-state index contributed by atoms with van der Waals surface area (Å²) < 4.78 is 15.4. The molecule has 9 heteroatoms. The van der Waals surface area contributed by atoms with Crippen molar-refractivity contribution in [2.75, 3.05) is 12.0 Å². The van der Waals surface area contributed by atoms with Crippen molar-refractivity contribution in [3.63, 3.8) is 0 Å². The molecule has 1 atom stereocenters. The first-order chi connectivity index (χ1) is 15.0. The minimum absolute atomic E-state index is 0.0590. The van der Waals surface area contributed by atoms with Crippen molar-refractivity contribution >= 4 is 29.4 Å². The third-order valence-corrected chi connectivity index (χ3v) is 6.01. The molecule has 31 heavy (non-hydrogen) atoms. The molecule has 1 unspecified atom stereocenters. The molecule has 2 amide bonds. The smallest absolute Gasteiger partial charge is 0.374 e. The van der Waals surface area contributed by atoms with Crippen molar-refractivity contribution in [1.82, 2.24) is 4.90 Å². The number of carbonyl (C=O) groups is 4. The predicted octanol–water partition coefficient (Wildman–Crippen LogP) is 2.25. The maximum Gasteiger partial charge on any atom is 0.374 e. The summed E-state index contributed by atoms with van der Waals surface area (Å²) in [6.45, 7) is -0.252. The number of ether oxygens (including phenoxy) is 2. The Balaban J connectivity index is 1.52. The summed E-state index contributed by atoms with van der Waals surface area (Å²) in [6.07, 6.45) is 3.10. The average Bonchev–Trinajstić information content (AvgIpc) is 3.39. The van der Waals surface area contributed by atoms with Crippen LogP contribution in [0.3, 0.4) is 0 Å². The molecule has 5 rings (SSSR count).